The Morgan fingerprint density at radius 3 is 2.44 bits per heavy atom. The molecule has 1 aromatic heterocycles. The van der Waals surface area contributed by atoms with Gasteiger partial charge in [-0.15, -0.1) is 21.7 Å². The third kappa shape index (κ3) is 1.82. The lowest BCUT2D eigenvalue weighted by atomic mass is 10.7. The average molecular weight is 192 g/mol. The number of halogens is 1. The molecule has 2 nitrogen and oxygen atoms in total. The summed E-state index contributed by atoms with van der Waals surface area (Å²) >= 11 is 0. The van der Waals surface area contributed by atoms with Gasteiger partial charge in [-0.2, -0.15) is 4.68 Å². The lowest BCUT2D eigenvalue weighted by molar-refractivity contribution is -0.753. The second-order valence-corrected chi connectivity index (χ2v) is 1.82. The molecule has 0 saturated carbocycles. The van der Waals surface area contributed by atoms with Gasteiger partial charge in [0.15, 0.2) is 13.2 Å². The Morgan fingerprint density at radius 1 is 1.56 bits per heavy atom. The van der Waals surface area contributed by atoms with E-state index in [0.717, 1.165) is 6.54 Å². The van der Waals surface area contributed by atoms with Gasteiger partial charge in [-0.05, 0) is 6.92 Å². The molecule has 0 amide bonds. The highest BCUT2D eigenvalue weighted by Gasteiger charge is 1.94. The van der Waals surface area contributed by atoms with Crippen molar-refractivity contribution in [3.05, 3.63) is 18.5 Å². The Kier molecular flexibility index (Phi) is 3.54. The minimum Gasteiger partial charge on any atom is -0.161 e. The third-order valence-electron chi connectivity index (χ3n) is 1.29. The molecule has 1 aromatic rings. The van der Waals surface area contributed by atoms with E-state index in [1.54, 1.807) is 0 Å². The van der Waals surface area contributed by atoms with Crippen LogP contribution in [0.1, 0.15) is 6.92 Å². The Bertz CT molecular complexity index is 171. The maximum atomic E-state index is 2.12. The molecule has 0 unspecified atom stereocenters. The van der Waals surface area contributed by atoms with Crippen LogP contribution < -0.4 is 4.68 Å². The van der Waals surface area contributed by atoms with Crippen LogP contribution >= 0.6 is 17.0 Å². The monoisotopic (exact) mass is 191 g/mol. The fourth-order valence-corrected chi connectivity index (χ4v) is 0.782. The van der Waals surface area contributed by atoms with E-state index in [2.05, 4.69) is 22.5 Å². The summed E-state index contributed by atoms with van der Waals surface area (Å²) in [4.78, 5) is 0. The van der Waals surface area contributed by atoms with Crippen LogP contribution in [0.2, 0.25) is 0 Å². The molecule has 0 radical (unpaired) electrons. The molecule has 0 aliphatic heterocycles. The molecule has 0 saturated heterocycles. The van der Waals surface area contributed by atoms with Gasteiger partial charge in [0.25, 0.3) is 0 Å². The molecule has 0 N–H and O–H groups in total. The second kappa shape index (κ2) is 3.67. The standard InChI is InChI=1S/C6H11N2.BrH/c1-3-8-6-4-5-7(8)2;/h4-6H,3H2,1-2H3;1H/q+1;. The molecule has 0 spiro atoms. The molecule has 1 heterocycles. The molecule has 3 heteroatoms. The van der Waals surface area contributed by atoms with Crippen LogP contribution in [-0.2, 0) is 13.6 Å². The van der Waals surface area contributed by atoms with Gasteiger partial charge >= 0.3 is 0 Å². The highest BCUT2D eigenvalue weighted by atomic mass is 79.9. The molecule has 9 heavy (non-hydrogen) atoms. The second-order valence-electron chi connectivity index (χ2n) is 1.82. The molecule has 1 rings (SSSR count). The van der Waals surface area contributed by atoms with E-state index in [4.69, 9.17) is 0 Å². The third-order valence-corrected chi connectivity index (χ3v) is 1.29. The lowest BCUT2D eigenvalue weighted by Gasteiger charge is -1.89. The van der Waals surface area contributed by atoms with Crippen molar-refractivity contribution in [2.24, 2.45) is 7.05 Å². The van der Waals surface area contributed by atoms with E-state index in [0.29, 0.717) is 0 Å². The minimum absolute atomic E-state index is 0. The van der Waals surface area contributed by atoms with E-state index < -0.39 is 0 Å². The summed E-state index contributed by atoms with van der Waals surface area (Å²) in [6, 6.07) is 2.03. The van der Waals surface area contributed by atoms with E-state index in [9.17, 15) is 0 Å². The topological polar surface area (TPSA) is 8.81 Å². The molecular weight excluding hydrogens is 180 g/mol. The van der Waals surface area contributed by atoms with E-state index in [1.807, 2.05) is 19.3 Å². The smallest absolute Gasteiger partial charge is 0.161 e. The molecule has 0 bridgehead atoms. The van der Waals surface area contributed by atoms with Crippen molar-refractivity contribution in [3.8, 4) is 0 Å². The van der Waals surface area contributed by atoms with Gasteiger partial charge in [-0.3, -0.25) is 0 Å². The number of rotatable bonds is 1. The van der Waals surface area contributed by atoms with Gasteiger partial charge in [0.2, 0.25) is 0 Å². The van der Waals surface area contributed by atoms with Crippen LogP contribution in [-0.4, -0.2) is 4.68 Å². The number of hydrogen-bond acceptors (Lipinski definition) is 0. The minimum atomic E-state index is 0. The van der Waals surface area contributed by atoms with Crippen molar-refractivity contribution >= 4 is 17.0 Å². The Balaban J connectivity index is 0.000000640. The summed E-state index contributed by atoms with van der Waals surface area (Å²) in [5.74, 6) is 0. The molecule has 0 aliphatic rings. The van der Waals surface area contributed by atoms with Crippen LogP contribution in [0.25, 0.3) is 0 Å². The molecular formula is C6H12BrN2+. The van der Waals surface area contributed by atoms with Crippen LogP contribution in [0.5, 0.6) is 0 Å². The highest BCUT2D eigenvalue weighted by Crippen LogP contribution is 1.77. The first-order valence-corrected chi connectivity index (χ1v) is 2.85. The molecule has 0 aromatic carbocycles. The molecule has 0 fully saturated rings. The van der Waals surface area contributed by atoms with Crippen LogP contribution in [0.4, 0.5) is 0 Å². The van der Waals surface area contributed by atoms with Crippen molar-refractivity contribution in [1.82, 2.24) is 4.68 Å². The number of aromatic nitrogens is 2. The summed E-state index contributed by atoms with van der Waals surface area (Å²) in [6.07, 6.45) is 4.09. The van der Waals surface area contributed by atoms with E-state index in [-0.39, 0.29) is 17.0 Å². The molecule has 0 atom stereocenters. The van der Waals surface area contributed by atoms with Gasteiger partial charge in [0, 0.05) is 6.07 Å². The highest BCUT2D eigenvalue weighted by molar-refractivity contribution is 8.93. The normalized spacial score (nSPS) is 8.67. The largest absolute Gasteiger partial charge is 0.195 e. The zero-order chi connectivity index (χ0) is 5.98. The van der Waals surface area contributed by atoms with Crippen molar-refractivity contribution in [2.45, 2.75) is 13.5 Å². The van der Waals surface area contributed by atoms with Gasteiger partial charge in [-0.25, -0.2) is 0 Å². The van der Waals surface area contributed by atoms with Crippen molar-refractivity contribution in [3.63, 3.8) is 0 Å². The molecule has 0 aliphatic carbocycles. The number of aryl methyl sites for hydroxylation is 2. The first-order chi connectivity index (χ1) is 3.84. The summed E-state index contributed by atoms with van der Waals surface area (Å²) < 4.78 is 4.18. The van der Waals surface area contributed by atoms with Gasteiger partial charge in [-0.1, -0.05) is 0 Å². The Morgan fingerprint density at radius 2 is 2.22 bits per heavy atom. The van der Waals surface area contributed by atoms with Crippen LogP contribution in [0, 0.1) is 0 Å². The zero-order valence-electron chi connectivity index (χ0n) is 5.74. The van der Waals surface area contributed by atoms with E-state index >= 15 is 0 Å². The number of hydrogen-bond donors (Lipinski definition) is 0. The van der Waals surface area contributed by atoms with Gasteiger partial charge in [0.05, 0.1) is 12.7 Å². The van der Waals surface area contributed by atoms with Crippen molar-refractivity contribution < 1.29 is 4.68 Å². The Labute approximate surface area is 65.9 Å². The van der Waals surface area contributed by atoms with Crippen molar-refractivity contribution in [1.29, 1.82) is 0 Å². The fourth-order valence-electron chi connectivity index (χ4n) is 0.782. The summed E-state index contributed by atoms with van der Waals surface area (Å²) in [5.41, 5.74) is 0. The average Bonchev–Trinajstić information content (AvgIpc) is 2.14. The Hall–Kier alpha value is -0.310. The van der Waals surface area contributed by atoms with Crippen LogP contribution in [0.3, 0.4) is 0 Å². The first kappa shape index (κ1) is 8.69. The maximum absolute atomic E-state index is 2.12. The maximum Gasteiger partial charge on any atom is 0.195 e. The predicted octanol–water partition coefficient (Wildman–Crippen LogP) is 0.910. The summed E-state index contributed by atoms with van der Waals surface area (Å²) in [7, 11) is 2.03. The molecule has 52 valence electrons. The first-order valence-electron chi connectivity index (χ1n) is 2.85. The summed E-state index contributed by atoms with van der Waals surface area (Å²) in [5, 5.41) is 0. The van der Waals surface area contributed by atoms with Gasteiger partial charge in [0.1, 0.15) is 0 Å². The lowest BCUT2D eigenvalue weighted by Crippen LogP contribution is -2.37. The van der Waals surface area contributed by atoms with Crippen molar-refractivity contribution in [2.75, 3.05) is 0 Å². The van der Waals surface area contributed by atoms with Gasteiger partial charge < -0.3 is 0 Å². The number of nitrogens with zero attached hydrogens (tertiary/aromatic N) is 2. The predicted molar refractivity (Wildman–Crippen MR) is 41.6 cm³/mol. The quantitative estimate of drug-likeness (QED) is 0.585. The SMILES string of the molecule is Br.CCn1ccc[n+]1C. The van der Waals surface area contributed by atoms with Crippen LogP contribution in [0.15, 0.2) is 18.5 Å². The zero-order valence-corrected chi connectivity index (χ0v) is 7.45. The summed E-state index contributed by atoms with van der Waals surface area (Å²) in [6.45, 7) is 3.17. The fraction of sp³-hybridized carbons (Fsp3) is 0.500. The van der Waals surface area contributed by atoms with E-state index in [1.165, 1.54) is 0 Å².